The highest BCUT2D eigenvalue weighted by molar-refractivity contribution is 5.75. The molecule has 0 radical (unpaired) electrons. The van der Waals surface area contributed by atoms with Gasteiger partial charge in [0.15, 0.2) is 6.10 Å². The number of methoxy groups -OCH3 is 1. The number of hydrogen-bond acceptors (Lipinski definition) is 7. The molecule has 168 valence electrons. The Morgan fingerprint density at radius 1 is 1.33 bits per heavy atom. The van der Waals surface area contributed by atoms with Gasteiger partial charge in [0, 0.05) is 42.7 Å². The van der Waals surface area contributed by atoms with Gasteiger partial charge >= 0.3 is 5.97 Å². The Morgan fingerprint density at radius 3 is 2.67 bits per heavy atom. The molecular formula is C23H35NO6. The molecule has 2 aliphatic carbocycles. The average Bonchev–Trinajstić information content (AvgIpc) is 2.91. The normalized spacial score (nSPS) is 51.6. The lowest BCUT2D eigenvalue weighted by Gasteiger charge is -2.48. The van der Waals surface area contributed by atoms with E-state index in [0.29, 0.717) is 6.42 Å². The molecule has 4 bridgehead atoms. The summed E-state index contributed by atoms with van der Waals surface area (Å²) >= 11 is 0. The molecule has 30 heavy (non-hydrogen) atoms. The van der Waals surface area contributed by atoms with Crippen LogP contribution in [0.2, 0.25) is 0 Å². The van der Waals surface area contributed by atoms with Crippen LogP contribution >= 0.6 is 0 Å². The minimum atomic E-state index is -0.833. The Labute approximate surface area is 178 Å². The number of rotatable bonds is 2. The van der Waals surface area contributed by atoms with E-state index in [1.807, 2.05) is 26.8 Å². The van der Waals surface area contributed by atoms with Crippen LogP contribution in [0.1, 0.15) is 34.1 Å². The topological polar surface area (TPSA) is 111 Å². The number of aliphatic hydroxyl groups excluding tert-OH is 2. The lowest BCUT2D eigenvalue weighted by molar-refractivity contribution is -0.172. The molecule has 0 unspecified atom stereocenters. The first-order valence-electron chi connectivity index (χ1n) is 11.0. The summed E-state index contributed by atoms with van der Waals surface area (Å²) in [7, 11) is 1.49. The van der Waals surface area contributed by atoms with Crippen molar-refractivity contribution in [2.75, 3.05) is 7.11 Å². The fourth-order valence-corrected chi connectivity index (χ4v) is 6.41. The van der Waals surface area contributed by atoms with Gasteiger partial charge < -0.3 is 30.2 Å². The van der Waals surface area contributed by atoms with E-state index in [9.17, 15) is 15.0 Å². The highest BCUT2D eigenvalue weighted by Crippen LogP contribution is 2.60. The zero-order valence-electron chi connectivity index (χ0n) is 18.4. The predicted octanol–water partition coefficient (Wildman–Crippen LogP) is 1.17. The Bertz CT molecular complexity index is 750. The van der Waals surface area contributed by atoms with Gasteiger partial charge in [-0.25, -0.2) is 4.79 Å². The Kier molecular flexibility index (Phi) is 5.64. The second-order valence-electron chi connectivity index (χ2n) is 9.71. The zero-order chi connectivity index (χ0) is 22.0. The number of carbonyl (C=O) groups is 1. The summed E-state index contributed by atoms with van der Waals surface area (Å²) in [6.07, 6.45) is 3.49. The molecule has 1 spiro atoms. The van der Waals surface area contributed by atoms with Gasteiger partial charge in [-0.15, -0.1) is 0 Å². The van der Waals surface area contributed by atoms with Gasteiger partial charge in [0.2, 0.25) is 0 Å². The summed E-state index contributed by atoms with van der Waals surface area (Å²) in [5.74, 6) is -1.09. The van der Waals surface area contributed by atoms with Gasteiger partial charge in [0.1, 0.15) is 11.7 Å². The van der Waals surface area contributed by atoms with Crippen LogP contribution in [0.4, 0.5) is 0 Å². The SMILES string of the molecule is CO[C@H]1C[C@H]2C=C[C@H]3[C@H]4O[C@]2(C(C)=C[C@@H](C)[C@@H]([C@@H](C)O)OC1=O)[C@@H]3[C@H](O)[C@@H](C)[C@@H]4N. The van der Waals surface area contributed by atoms with Gasteiger partial charge in [-0.3, -0.25) is 0 Å². The lowest BCUT2D eigenvalue weighted by atomic mass is 9.57. The standard InChI is InChI=1S/C23H35NO6/c1-10-8-11(2)23-14(9-16(28-5)22(27)29-20(10)13(4)25)6-7-15-17(23)19(26)12(3)18(24)21(15)30-23/h6-8,10,12-21,25-26H,9,24H2,1-5H3/t10-,12+,13-,14-,15-,16+,17+,18+,19-,20+,21-,23+/m1/s1. The second-order valence-corrected chi connectivity index (χ2v) is 9.71. The Balaban J connectivity index is 1.86. The first-order chi connectivity index (χ1) is 14.1. The monoisotopic (exact) mass is 421 g/mol. The summed E-state index contributed by atoms with van der Waals surface area (Å²) in [6, 6.07) is -0.266. The van der Waals surface area contributed by atoms with Crippen LogP contribution in [0.15, 0.2) is 23.8 Å². The van der Waals surface area contributed by atoms with Crippen molar-refractivity contribution in [2.45, 2.75) is 76.3 Å². The van der Waals surface area contributed by atoms with Crippen LogP contribution in [0.3, 0.4) is 0 Å². The largest absolute Gasteiger partial charge is 0.457 e. The van der Waals surface area contributed by atoms with E-state index < -0.39 is 36.0 Å². The third-order valence-corrected chi connectivity index (χ3v) is 8.02. The summed E-state index contributed by atoms with van der Waals surface area (Å²) < 4.78 is 18.0. The molecule has 0 aromatic rings. The second kappa shape index (κ2) is 7.71. The van der Waals surface area contributed by atoms with E-state index in [1.165, 1.54) is 7.11 Å². The van der Waals surface area contributed by atoms with Crippen molar-refractivity contribution in [3.8, 4) is 0 Å². The molecule has 2 heterocycles. The van der Waals surface area contributed by atoms with Crippen LogP contribution in [0, 0.1) is 29.6 Å². The molecule has 4 aliphatic rings. The summed E-state index contributed by atoms with van der Waals surface area (Å²) in [6.45, 7) is 7.54. The minimum absolute atomic E-state index is 0.0320. The molecule has 12 atom stereocenters. The number of cyclic esters (lactones) is 1. The fraction of sp³-hybridized carbons (Fsp3) is 0.783. The fourth-order valence-electron chi connectivity index (χ4n) is 6.41. The average molecular weight is 422 g/mol. The summed E-state index contributed by atoms with van der Waals surface area (Å²) in [4.78, 5) is 12.9. The maximum absolute atomic E-state index is 12.9. The smallest absolute Gasteiger partial charge is 0.335 e. The molecule has 0 aromatic carbocycles. The Morgan fingerprint density at radius 2 is 2.03 bits per heavy atom. The molecule has 4 N–H and O–H groups in total. The van der Waals surface area contributed by atoms with Gasteiger partial charge in [-0.05, 0) is 25.8 Å². The number of ether oxygens (including phenoxy) is 3. The van der Waals surface area contributed by atoms with Gasteiger partial charge in [0.25, 0.3) is 0 Å². The summed E-state index contributed by atoms with van der Waals surface area (Å²) in [5.41, 5.74) is 6.71. The van der Waals surface area contributed by atoms with Crippen LogP contribution in [0.5, 0.6) is 0 Å². The van der Waals surface area contributed by atoms with Crippen LogP contribution in [-0.2, 0) is 19.0 Å². The number of carbonyl (C=O) groups excluding carboxylic acids is 1. The van der Waals surface area contributed by atoms with E-state index in [2.05, 4.69) is 12.2 Å². The van der Waals surface area contributed by atoms with Gasteiger partial charge in [0.05, 0.1) is 18.3 Å². The third-order valence-electron chi connectivity index (χ3n) is 8.02. The first kappa shape index (κ1) is 22.0. The molecule has 1 saturated carbocycles. The number of esters is 1. The molecule has 7 heteroatoms. The van der Waals surface area contributed by atoms with E-state index in [4.69, 9.17) is 19.9 Å². The third kappa shape index (κ3) is 3.01. The maximum Gasteiger partial charge on any atom is 0.335 e. The highest BCUT2D eigenvalue weighted by Gasteiger charge is 2.67. The van der Waals surface area contributed by atoms with Gasteiger partial charge in [-0.2, -0.15) is 0 Å². The van der Waals surface area contributed by atoms with Crippen molar-refractivity contribution in [3.05, 3.63) is 23.8 Å². The van der Waals surface area contributed by atoms with Gasteiger partial charge in [-0.1, -0.05) is 32.1 Å². The lowest BCUT2D eigenvalue weighted by Crippen LogP contribution is -2.58. The molecular weight excluding hydrogens is 386 g/mol. The predicted molar refractivity (Wildman–Crippen MR) is 110 cm³/mol. The molecule has 4 rings (SSSR count). The molecule has 2 aliphatic heterocycles. The maximum atomic E-state index is 12.9. The molecule has 1 saturated heterocycles. The molecule has 0 aromatic heterocycles. The molecule has 2 fully saturated rings. The number of hydrogen-bond donors (Lipinski definition) is 3. The van der Waals surface area contributed by atoms with E-state index in [1.54, 1.807) is 6.92 Å². The quantitative estimate of drug-likeness (QED) is 0.453. The van der Waals surface area contributed by atoms with Crippen LogP contribution < -0.4 is 5.73 Å². The number of aliphatic hydroxyl groups is 2. The van der Waals surface area contributed by atoms with Crippen molar-refractivity contribution >= 4 is 5.97 Å². The minimum Gasteiger partial charge on any atom is -0.457 e. The summed E-state index contributed by atoms with van der Waals surface area (Å²) in [5, 5.41) is 21.5. The van der Waals surface area contributed by atoms with Crippen LogP contribution in [0.25, 0.3) is 0 Å². The van der Waals surface area contributed by atoms with Crippen molar-refractivity contribution in [2.24, 2.45) is 35.3 Å². The number of nitrogens with two attached hydrogens (primary N) is 1. The zero-order valence-corrected chi connectivity index (χ0v) is 18.4. The Hall–Kier alpha value is -1.25. The van der Waals surface area contributed by atoms with Crippen molar-refractivity contribution in [1.29, 1.82) is 0 Å². The highest BCUT2D eigenvalue weighted by atomic mass is 16.6. The molecule has 7 nitrogen and oxygen atoms in total. The van der Waals surface area contributed by atoms with Crippen LogP contribution in [-0.4, -0.2) is 65.5 Å². The van der Waals surface area contributed by atoms with Crippen molar-refractivity contribution < 1.29 is 29.2 Å². The van der Waals surface area contributed by atoms with E-state index in [-0.39, 0.29) is 41.7 Å². The van der Waals surface area contributed by atoms with E-state index in [0.717, 1.165) is 5.57 Å². The molecule has 0 amide bonds. The first-order valence-corrected chi connectivity index (χ1v) is 11.0. The van der Waals surface area contributed by atoms with Crippen molar-refractivity contribution in [1.82, 2.24) is 0 Å². The van der Waals surface area contributed by atoms with Crippen molar-refractivity contribution in [3.63, 3.8) is 0 Å². The van der Waals surface area contributed by atoms with E-state index >= 15 is 0 Å².